The first-order valence-electron chi connectivity index (χ1n) is 6.45. The van der Waals surface area contributed by atoms with Gasteiger partial charge in [-0.3, -0.25) is 10.2 Å². The van der Waals surface area contributed by atoms with Crippen molar-refractivity contribution in [3.63, 3.8) is 0 Å². The number of nitrogens with one attached hydrogen (secondary N) is 1. The fraction of sp³-hybridized carbons (Fsp3) is 0.385. The van der Waals surface area contributed by atoms with E-state index in [2.05, 4.69) is 15.3 Å². The summed E-state index contributed by atoms with van der Waals surface area (Å²) in [5.41, 5.74) is 0.474. The number of aliphatic hydroxyl groups excluding tert-OH is 4. The molecule has 1 aromatic carbocycles. The van der Waals surface area contributed by atoms with Crippen molar-refractivity contribution in [1.82, 2.24) is 0 Å². The van der Waals surface area contributed by atoms with Crippen LogP contribution >= 0.6 is 0 Å². The monoisotopic (exact) mass is 312 g/mol. The van der Waals surface area contributed by atoms with Gasteiger partial charge in [0, 0.05) is 5.69 Å². The van der Waals surface area contributed by atoms with Crippen LogP contribution in [0.5, 0.6) is 0 Å². The molecule has 1 saturated heterocycles. The van der Waals surface area contributed by atoms with Crippen molar-refractivity contribution >= 4 is 17.7 Å². The summed E-state index contributed by atoms with van der Waals surface area (Å²) in [5.74, 6) is -0.514. The Morgan fingerprint density at radius 1 is 1.23 bits per heavy atom. The number of nitrogens with zero attached hydrogens (tertiary/aromatic N) is 1. The molecule has 0 bridgehead atoms. The molecule has 1 fully saturated rings. The molecule has 1 amide bonds. The molecule has 0 unspecified atom stereocenters. The third kappa shape index (κ3) is 3.71. The predicted molar refractivity (Wildman–Crippen MR) is 74.0 cm³/mol. The van der Waals surface area contributed by atoms with Crippen molar-refractivity contribution in [2.75, 3.05) is 11.9 Å². The number of rotatable bonds is 3. The van der Waals surface area contributed by atoms with Gasteiger partial charge < -0.3 is 25.2 Å². The lowest BCUT2D eigenvalue weighted by Crippen LogP contribution is -2.56. The summed E-state index contributed by atoms with van der Waals surface area (Å²) in [6, 6.07) is 8.44. The van der Waals surface area contributed by atoms with Crippen molar-refractivity contribution in [1.29, 1.82) is 0 Å². The van der Waals surface area contributed by atoms with E-state index in [4.69, 9.17) is 9.84 Å². The molecule has 9 nitrogen and oxygen atoms in total. The zero-order valence-corrected chi connectivity index (χ0v) is 11.4. The van der Waals surface area contributed by atoms with E-state index in [0.717, 1.165) is 0 Å². The Balaban J connectivity index is 1.98. The van der Waals surface area contributed by atoms with Crippen LogP contribution in [0, 0.1) is 0 Å². The maximum Gasteiger partial charge on any atom is 0.437 e. The second-order valence-corrected chi connectivity index (χ2v) is 4.56. The number of carbonyl (C=O) groups excluding carboxylic acids is 1. The number of benzene rings is 1. The summed E-state index contributed by atoms with van der Waals surface area (Å²) in [4.78, 5) is 16.0. The second kappa shape index (κ2) is 7.18. The molecular formula is C13H16N2O7. The van der Waals surface area contributed by atoms with Crippen molar-refractivity contribution in [3.05, 3.63) is 30.3 Å². The van der Waals surface area contributed by atoms with Crippen LogP contribution in [-0.4, -0.2) is 63.4 Å². The van der Waals surface area contributed by atoms with E-state index >= 15 is 0 Å². The molecule has 0 radical (unpaired) electrons. The molecule has 1 aliphatic rings. The van der Waals surface area contributed by atoms with Crippen molar-refractivity contribution < 1.29 is 34.8 Å². The Hall–Kier alpha value is -2.20. The van der Waals surface area contributed by atoms with Gasteiger partial charge >= 0.3 is 6.09 Å². The Kier molecular flexibility index (Phi) is 5.28. The van der Waals surface area contributed by atoms with Crippen LogP contribution in [0.15, 0.2) is 35.5 Å². The Morgan fingerprint density at radius 3 is 2.55 bits per heavy atom. The Labute approximate surface area is 125 Å². The molecule has 22 heavy (non-hydrogen) atoms. The van der Waals surface area contributed by atoms with Gasteiger partial charge in [-0.2, -0.15) is 0 Å². The first kappa shape index (κ1) is 16.2. The van der Waals surface area contributed by atoms with Crippen LogP contribution in [0.2, 0.25) is 0 Å². The van der Waals surface area contributed by atoms with Crippen LogP contribution in [0.25, 0.3) is 0 Å². The minimum atomic E-state index is -1.68. The smallest absolute Gasteiger partial charge is 0.437 e. The lowest BCUT2D eigenvalue weighted by atomic mass is 10.00. The molecule has 1 heterocycles. The summed E-state index contributed by atoms with van der Waals surface area (Å²) in [6.45, 7) is -0.611. The highest BCUT2D eigenvalue weighted by Gasteiger charge is 2.42. The van der Waals surface area contributed by atoms with E-state index < -0.39 is 43.0 Å². The molecule has 120 valence electrons. The Bertz CT molecular complexity index is 534. The highest BCUT2D eigenvalue weighted by molar-refractivity contribution is 5.86. The SMILES string of the molecule is O=C(Nc1ccccc1)O/N=C1\O[C@H](CO)[C@@H](O)[C@H](O)[C@@H]1O. The average molecular weight is 312 g/mol. The predicted octanol–water partition coefficient (Wildman–Crippen LogP) is -0.978. The zero-order chi connectivity index (χ0) is 16.1. The minimum Gasteiger partial charge on any atom is -0.468 e. The fourth-order valence-electron chi connectivity index (χ4n) is 1.82. The Morgan fingerprint density at radius 2 is 1.91 bits per heavy atom. The van der Waals surface area contributed by atoms with Gasteiger partial charge in [-0.05, 0) is 17.3 Å². The van der Waals surface area contributed by atoms with E-state index in [1.807, 2.05) is 0 Å². The van der Waals surface area contributed by atoms with Gasteiger partial charge in [0.05, 0.1) is 6.61 Å². The number of aliphatic hydroxyl groups is 4. The van der Waals surface area contributed by atoms with Gasteiger partial charge in [0.2, 0.25) is 0 Å². The van der Waals surface area contributed by atoms with Gasteiger partial charge in [0.25, 0.3) is 5.90 Å². The molecule has 0 aliphatic carbocycles. The summed E-state index contributed by atoms with van der Waals surface area (Å²) < 4.78 is 4.97. The first-order chi connectivity index (χ1) is 10.5. The van der Waals surface area contributed by atoms with Gasteiger partial charge in [-0.25, -0.2) is 4.79 Å². The summed E-state index contributed by atoms with van der Waals surface area (Å²) >= 11 is 0. The summed E-state index contributed by atoms with van der Waals surface area (Å²) in [6.07, 6.45) is -6.90. The van der Waals surface area contributed by atoms with Crippen molar-refractivity contribution in [3.8, 4) is 0 Å². The number of carbonyl (C=O) groups is 1. The topological polar surface area (TPSA) is 141 Å². The van der Waals surface area contributed by atoms with Gasteiger partial charge in [-0.1, -0.05) is 18.2 Å². The largest absolute Gasteiger partial charge is 0.468 e. The number of anilines is 1. The molecule has 1 aromatic rings. The molecule has 0 saturated carbocycles. The molecule has 0 aromatic heterocycles. The third-order valence-electron chi connectivity index (χ3n) is 3.00. The molecule has 5 N–H and O–H groups in total. The number of hydrogen-bond acceptors (Lipinski definition) is 8. The van der Waals surface area contributed by atoms with Gasteiger partial charge in [-0.15, -0.1) is 0 Å². The number of para-hydroxylation sites is 1. The quantitative estimate of drug-likeness (QED) is 0.357. The maximum atomic E-state index is 11.5. The van der Waals surface area contributed by atoms with Crippen LogP contribution < -0.4 is 5.32 Å². The van der Waals surface area contributed by atoms with E-state index in [0.29, 0.717) is 5.69 Å². The van der Waals surface area contributed by atoms with Crippen LogP contribution in [0.3, 0.4) is 0 Å². The van der Waals surface area contributed by atoms with Crippen LogP contribution in [0.1, 0.15) is 0 Å². The van der Waals surface area contributed by atoms with Gasteiger partial charge in [0.1, 0.15) is 12.2 Å². The lowest BCUT2D eigenvalue weighted by Gasteiger charge is -2.34. The number of oxime groups is 1. The van der Waals surface area contributed by atoms with E-state index in [1.54, 1.807) is 30.3 Å². The molecule has 1 aliphatic heterocycles. The van der Waals surface area contributed by atoms with E-state index in [1.165, 1.54) is 0 Å². The third-order valence-corrected chi connectivity index (χ3v) is 3.00. The fourth-order valence-corrected chi connectivity index (χ4v) is 1.82. The minimum absolute atomic E-state index is 0.474. The highest BCUT2D eigenvalue weighted by atomic mass is 16.7. The van der Waals surface area contributed by atoms with Crippen LogP contribution in [-0.2, 0) is 9.57 Å². The number of ether oxygens (including phenoxy) is 1. The van der Waals surface area contributed by atoms with Gasteiger partial charge in [0.15, 0.2) is 12.2 Å². The summed E-state index contributed by atoms with van der Waals surface area (Å²) in [5, 5.41) is 43.5. The molecule has 9 heteroatoms. The zero-order valence-electron chi connectivity index (χ0n) is 11.4. The standard InChI is InChI=1S/C13H16N2O7/c16-6-8-9(17)10(18)11(19)12(21-8)15-22-13(20)14-7-4-2-1-3-5-7/h1-5,8-11,16-19H,6H2,(H,14,20)/b15-12-/t8-,9-,10+,11+/m1/s1. The average Bonchev–Trinajstić information content (AvgIpc) is 2.53. The molecular weight excluding hydrogens is 296 g/mol. The first-order valence-corrected chi connectivity index (χ1v) is 6.45. The summed E-state index contributed by atoms with van der Waals surface area (Å²) in [7, 11) is 0. The van der Waals surface area contributed by atoms with Crippen molar-refractivity contribution in [2.24, 2.45) is 5.16 Å². The van der Waals surface area contributed by atoms with E-state index in [9.17, 15) is 20.1 Å². The molecule has 0 spiro atoms. The number of amides is 1. The second-order valence-electron chi connectivity index (χ2n) is 4.56. The highest BCUT2D eigenvalue weighted by Crippen LogP contribution is 2.17. The van der Waals surface area contributed by atoms with E-state index in [-0.39, 0.29) is 0 Å². The maximum absolute atomic E-state index is 11.5. The normalized spacial score (nSPS) is 29.7. The van der Waals surface area contributed by atoms with Crippen molar-refractivity contribution in [2.45, 2.75) is 24.4 Å². The van der Waals surface area contributed by atoms with Crippen LogP contribution in [0.4, 0.5) is 10.5 Å². The number of hydrogen-bond donors (Lipinski definition) is 5. The molecule has 2 rings (SSSR count). The molecule has 4 atom stereocenters. The lowest BCUT2D eigenvalue weighted by molar-refractivity contribution is -0.130.